The van der Waals surface area contributed by atoms with Crippen molar-refractivity contribution in [3.05, 3.63) is 60.2 Å². The van der Waals surface area contributed by atoms with Gasteiger partial charge >= 0.3 is 0 Å². The smallest absolute Gasteiger partial charge is 0.209 e. The lowest BCUT2D eigenvalue weighted by molar-refractivity contribution is -0.162. The number of sulfone groups is 1. The molecule has 1 aliphatic heterocycles. The van der Waals surface area contributed by atoms with Crippen LogP contribution in [0.3, 0.4) is 0 Å². The third kappa shape index (κ3) is 3.93. The molecule has 1 aliphatic rings. The minimum absolute atomic E-state index is 0.00730. The van der Waals surface area contributed by atoms with Crippen molar-refractivity contribution in [2.75, 3.05) is 24.7 Å². The van der Waals surface area contributed by atoms with E-state index in [1.165, 1.54) is 0 Å². The summed E-state index contributed by atoms with van der Waals surface area (Å²) in [4.78, 5) is 0. The lowest BCUT2D eigenvalue weighted by Gasteiger charge is -2.28. The molecule has 0 saturated carbocycles. The van der Waals surface area contributed by atoms with Crippen molar-refractivity contribution in [2.24, 2.45) is 0 Å². The van der Waals surface area contributed by atoms with Crippen LogP contribution in [0.4, 0.5) is 0 Å². The monoisotopic (exact) mass is 362 g/mol. The number of hydrogen-bond acceptors (Lipinski definition) is 5. The van der Waals surface area contributed by atoms with E-state index in [0.29, 0.717) is 5.56 Å². The third-order valence-corrected chi connectivity index (χ3v) is 6.04. The molecule has 1 N–H and O–H groups in total. The Hall–Kier alpha value is -1.73. The molecule has 25 heavy (non-hydrogen) atoms. The summed E-state index contributed by atoms with van der Waals surface area (Å²) in [7, 11) is -3.34. The van der Waals surface area contributed by atoms with Gasteiger partial charge < -0.3 is 14.6 Å². The minimum Gasteiger partial charge on any atom is -0.394 e. The van der Waals surface area contributed by atoms with Gasteiger partial charge in [0, 0.05) is 11.3 Å². The van der Waals surface area contributed by atoms with Crippen molar-refractivity contribution < 1.29 is 23.0 Å². The largest absolute Gasteiger partial charge is 0.394 e. The van der Waals surface area contributed by atoms with Crippen LogP contribution >= 0.6 is 0 Å². The van der Waals surface area contributed by atoms with E-state index in [-0.39, 0.29) is 24.7 Å². The molecule has 6 heteroatoms. The van der Waals surface area contributed by atoms with Gasteiger partial charge in [-0.2, -0.15) is 0 Å². The van der Waals surface area contributed by atoms with Gasteiger partial charge in [-0.1, -0.05) is 61.5 Å². The van der Waals surface area contributed by atoms with Gasteiger partial charge in [0.2, 0.25) is 5.79 Å². The lowest BCUT2D eigenvalue weighted by Crippen LogP contribution is -2.37. The summed E-state index contributed by atoms with van der Waals surface area (Å²) in [5.41, 5.74) is 2.74. The summed E-state index contributed by atoms with van der Waals surface area (Å²) in [6, 6.07) is 17.4. The molecule has 0 aliphatic carbocycles. The van der Waals surface area contributed by atoms with Crippen molar-refractivity contribution >= 4 is 9.84 Å². The highest BCUT2D eigenvalue weighted by atomic mass is 32.2. The molecule has 1 heterocycles. The summed E-state index contributed by atoms with van der Waals surface area (Å²) >= 11 is 0. The normalized spacial score (nSPS) is 23.7. The van der Waals surface area contributed by atoms with Gasteiger partial charge in [-0.15, -0.1) is 0 Å². The second kappa shape index (κ2) is 7.25. The third-order valence-electron chi connectivity index (χ3n) is 4.34. The van der Waals surface area contributed by atoms with E-state index < -0.39 is 21.7 Å². The maximum atomic E-state index is 12.2. The molecule has 3 rings (SSSR count). The molecule has 2 unspecified atom stereocenters. The zero-order chi connectivity index (χ0) is 17.9. The van der Waals surface area contributed by atoms with Crippen molar-refractivity contribution in [3.63, 3.8) is 0 Å². The fourth-order valence-corrected chi connectivity index (χ4v) is 4.01. The molecular formula is C19H22O5S. The molecule has 1 fully saturated rings. The Kier molecular flexibility index (Phi) is 5.24. The molecule has 2 aromatic rings. The van der Waals surface area contributed by atoms with Crippen LogP contribution in [-0.2, 0) is 25.1 Å². The Morgan fingerprint density at radius 3 is 2.28 bits per heavy atom. The molecule has 2 aromatic carbocycles. The molecule has 134 valence electrons. The van der Waals surface area contributed by atoms with Gasteiger partial charge in [-0.25, -0.2) is 8.42 Å². The number of ether oxygens (including phenoxy) is 2. The average molecular weight is 362 g/mol. The maximum Gasteiger partial charge on any atom is 0.209 e. The first kappa shape index (κ1) is 18.1. The zero-order valence-corrected chi connectivity index (χ0v) is 14.9. The summed E-state index contributed by atoms with van der Waals surface area (Å²) < 4.78 is 36.0. The molecule has 5 nitrogen and oxygen atoms in total. The summed E-state index contributed by atoms with van der Waals surface area (Å²) in [5.74, 6) is -1.62. The highest BCUT2D eigenvalue weighted by Crippen LogP contribution is 2.36. The second-order valence-electron chi connectivity index (χ2n) is 6.11. The van der Waals surface area contributed by atoms with Crippen molar-refractivity contribution in [3.8, 4) is 11.1 Å². The molecule has 0 spiro atoms. The topological polar surface area (TPSA) is 72.8 Å². The van der Waals surface area contributed by atoms with Crippen LogP contribution in [0.2, 0.25) is 0 Å². The van der Waals surface area contributed by atoms with Crippen LogP contribution in [-0.4, -0.2) is 44.3 Å². The molecule has 0 aromatic heterocycles. The van der Waals surface area contributed by atoms with E-state index >= 15 is 0 Å². The van der Waals surface area contributed by atoms with E-state index in [2.05, 4.69) is 0 Å². The van der Waals surface area contributed by atoms with Crippen LogP contribution in [0.15, 0.2) is 54.6 Å². The Balaban J connectivity index is 1.94. The van der Waals surface area contributed by atoms with E-state index in [0.717, 1.165) is 11.1 Å². The Morgan fingerprint density at radius 1 is 1.08 bits per heavy atom. The summed E-state index contributed by atoms with van der Waals surface area (Å²) in [6.07, 6.45) is -0.527. The standard InChI is InChI=1S/C19H22O5S/c1-2-25(21,22)14-19(23-13-18(12-20)24-19)17-10-8-16(9-11-17)15-6-4-3-5-7-15/h3-11,18,20H,2,12-14H2,1H3. The first-order valence-electron chi connectivity index (χ1n) is 8.27. The molecule has 2 atom stereocenters. The zero-order valence-electron chi connectivity index (χ0n) is 14.1. The Bertz CT molecular complexity index is 801. The number of aliphatic hydroxyl groups is 1. The second-order valence-corrected chi connectivity index (χ2v) is 8.46. The first-order chi connectivity index (χ1) is 12.0. The lowest BCUT2D eigenvalue weighted by atomic mass is 10.0. The van der Waals surface area contributed by atoms with Gasteiger partial charge in [0.1, 0.15) is 11.9 Å². The molecule has 0 amide bonds. The van der Waals surface area contributed by atoms with Gasteiger partial charge in [-0.3, -0.25) is 0 Å². The quantitative estimate of drug-likeness (QED) is 0.854. The number of aliphatic hydroxyl groups excluding tert-OH is 1. The van der Waals surface area contributed by atoms with Gasteiger partial charge in [0.15, 0.2) is 9.84 Å². The van der Waals surface area contributed by atoms with Crippen molar-refractivity contribution in [2.45, 2.75) is 18.8 Å². The Labute approximate surface area is 148 Å². The van der Waals surface area contributed by atoms with Gasteiger partial charge in [0.25, 0.3) is 0 Å². The van der Waals surface area contributed by atoms with E-state index in [4.69, 9.17) is 9.47 Å². The Morgan fingerprint density at radius 2 is 1.72 bits per heavy atom. The first-order valence-corrected chi connectivity index (χ1v) is 10.1. The van der Waals surface area contributed by atoms with Crippen LogP contribution in [0.25, 0.3) is 11.1 Å². The maximum absolute atomic E-state index is 12.2. The van der Waals surface area contributed by atoms with Crippen LogP contribution in [0.1, 0.15) is 12.5 Å². The fourth-order valence-electron chi connectivity index (χ4n) is 2.90. The fraction of sp³-hybridized carbons (Fsp3) is 0.368. The van der Waals surface area contributed by atoms with Gasteiger partial charge in [0.05, 0.1) is 13.2 Å². The van der Waals surface area contributed by atoms with Crippen LogP contribution in [0, 0.1) is 0 Å². The predicted octanol–water partition coefficient (Wildman–Crippen LogP) is 2.35. The van der Waals surface area contributed by atoms with E-state index in [9.17, 15) is 13.5 Å². The molecule has 0 radical (unpaired) electrons. The number of rotatable bonds is 6. The van der Waals surface area contributed by atoms with E-state index in [1.54, 1.807) is 6.92 Å². The van der Waals surface area contributed by atoms with Crippen LogP contribution < -0.4 is 0 Å². The average Bonchev–Trinajstić information content (AvgIpc) is 3.06. The predicted molar refractivity (Wildman–Crippen MR) is 95.8 cm³/mol. The minimum atomic E-state index is -3.34. The molecular weight excluding hydrogens is 340 g/mol. The van der Waals surface area contributed by atoms with Crippen LogP contribution in [0.5, 0.6) is 0 Å². The molecule has 0 bridgehead atoms. The van der Waals surface area contributed by atoms with Crippen molar-refractivity contribution in [1.82, 2.24) is 0 Å². The summed E-state index contributed by atoms with van der Waals surface area (Å²) in [5, 5.41) is 9.34. The summed E-state index contributed by atoms with van der Waals surface area (Å²) in [6.45, 7) is 1.55. The number of benzene rings is 2. The molecule has 1 saturated heterocycles. The van der Waals surface area contributed by atoms with Gasteiger partial charge in [-0.05, 0) is 11.1 Å². The number of hydrogen-bond donors (Lipinski definition) is 1. The van der Waals surface area contributed by atoms with Crippen molar-refractivity contribution in [1.29, 1.82) is 0 Å². The highest BCUT2D eigenvalue weighted by molar-refractivity contribution is 7.91. The SMILES string of the molecule is CCS(=O)(=O)CC1(c2ccc(-c3ccccc3)cc2)OCC(CO)O1. The highest BCUT2D eigenvalue weighted by Gasteiger charge is 2.46. The van der Waals surface area contributed by atoms with E-state index in [1.807, 2.05) is 54.6 Å².